The average Bonchev–Trinajstić information content (AvgIpc) is 3.01. The molecule has 2 atom stereocenters. The van der Waals surface area contributed by atoms with Crippen LogP contribution in [0.2, 0.25) is 6.32 Å². The number of rotatable bonds is 10. The summed E-state index contributed by atoms with van der Waals surface area (Å²) < 4.78 is 22.6. The highest BCUT2D eigenvalue weighted by Crippen LogP contribution is 2.22. The summed E-state index contributed by atoms with van der Waals surface area (Å²) in [5.74, 6) is -0.368. The number of benzene rings is 1. The predicted molar refractivity (Wildman–Crippen MR) is 97.1 cm³/mol. The Labute approximate surface area is 150 Å². The summed E-state index contributed by atoms with van der Waals surface area (Å²) in [5, 5.41) is 0. The lowest BCUT2D eigenvalue weighted by Gasteiger charge is -2.15. The van der Waals surface area contributed by atoms with E-state index in [1.54, 1.807) is 13.0 Å². The van der Waals surface area contributed by atoms with Gasteiger partial charge in [-0.05, 0) is 24.9 Å². The highest BCUT2D eigenvalue weighted by molar-refractivity contribution is 6.45. The monoisotopic (exact) mass is 346 g/mol. The fourth-order valence-electron chi connectivity index (χ4n) is 2.61. The molecule has 1 aromatic rings. The molecule has 2 rings (SSSR count). The van der Waals surface area contributed by atoms with Crippen LogP contribution < -0.4 is 0 Å². The first-order valence-electron chi connectivity index (χ1n) is 9.00. The van der Waals surface area contributed by atoms with Crippen molar-refractivity contribution in [1.29, 1.82) is 0 Å². The molecule has 1 aliphatic heterocycles. The van der Waals surface area contributed by atoms with Crippen LogP contribution in [-0.4, -0.2) is 38.5 Å². The highest BCUT2D eigenvalue weighted by Gasteiger charge is 2.37. The molecule has 1 aromatic carbocycles. The zero-order valence-corrected chi connectivity index (χ0v) is 15.1. The molecule has 0 aliphatic carbocycles. The number of hydrogen-bond donors (Lipinski definition) is 0. The van der Waals surface area contributed by atoms with E-state index in [4.69, 9.17) is 18.8 Å². The maximum atomic E-state index is 11.5. The van der Waals surface area contributed by atoms with Crippen LogP contribution in [0.1, 0.15) is 32.3 Å². The first-order valence-corrected chi connectivity index (χ1v) is 9.00. The summed E-state index contributed by atoms with van der Waals surface area (Å²) in [6.45, 7) is 5.20. The van der Waals surface area contributed by atoms with Crippen LogP contribution in [0.15, 0.2) is 42.5 Å². The Morgan fingerprint density at radius 1 is 1.24 bits per heavy atom. The van der Waals surface area contributed by atoms with Crippen LogP contribution >= 0.6 is 0 Å². The van der Waals surface area contributed by atoms with E-state index in [9.17, 15) is 4.79 Å². The van der Waals surface area contributed by atoms with E-state index in [0.29, 0.717) is 19.8 Å². The molecule has 0 radical (unpaired) electrons. The van der Waals surface area contributed by atoms with Crippen molar-refractivity contribution >= 4 is 13.1 Å². The van der Waals surface area contributed by atoms with E-state index < -0.39 is 0 Å². The van der Waals surface area contributed by atoms with Crippen molar-refractivity contribution < 1.29 is 23.6 Å². The lowest BCUT2D eigenvalue weighted by Crippen LogP contribution is -2.26. The van der Waals surface area contributed by atoms with E-state index in [1.165, 1.54) is 6.08 Å². The lowest BCUT2D eigenvalue weighted by molar-refractivity contribution is -0.137. The molecule has 25 heavy (non-hydrogen) atoms. The van der Waals surface area contributed by atoms with Gasteiger partial charge in [0.25, 0.3) is 0 Å². The van der Waals surface area contributed by atoms with Gasteiger partial charge in [-0.25, -0.2) is 4.79 Å². The zero-order valence-electron chi connectivity index (χ0n) is 15.1. The standard InChI is InChI=1S/C19H27BO5/c1-3-5-13-20-24-17(11-12-19(21)23-4-2)18(25-20)15-22-14-16-9-7-6-8-10-16/h6-12,17-18H,3-5,13-15H2,1-2H3/b12-11+/t17-,18-/m0/s1. The van der Waals surface area contributed by atoms with E-state index in [-0.39, 0.29) is 25.3 Å². The van der Waals surface area contributed by atoms with Gasteiger partial charge in [0.15, 0.2) is 0 Å². The van der Waals surface area contributed by atoms with Crippen molar-refractivity contribution in [3.63, 3.8) is 0 Å². The van der Waals surface area contributed by atoms with Gasteiger partial charge in [-0.2, -0.15) is 0 Å². The topological polar surface area (TPSA) is 54.0 Å². The normalized spacial score (nSPS) is 20.3. The van der Waals surface area contributed by atoms with Gasteiger partial charge >= 0.3 is 13.1 Å². The second-order valence-corrected chi connectivity index (χ2v) is 5.96. The summed E-state index contributed by atoms with van der Waals surface area (Å²) in [4.78, 5) is 11.5. The molecule has 1 heterocycles. The van der Waals surface area contributed by atoms with Crippen LogP contribution in [0, 0.1) is 0 Å². The van der Waals surface area contributed by atoms with Crippen LogP contribution in [0.25, 0.3) is 0 Å². The molecule has 0 aromatic heterocycles. The van der Waals surface area contributed by atoms with Crippen LogP contribution in [-0.2, 0) is 30.2 Å². The van der Waals surface area contributed by atoms with Gasteiger partial charge in [-0.1, -0.05) is 50.1 Å². The number of hydrogen-bond acceptors (Lipinski definition) is 5. The predicted octanol–water partition coefficient (Wildman–Crippen LogP) is 3.39. The second-order valence-electron chi connectivity index (χ2n) is 5.96. The number of ether oxygens (including phenoxy) is 2. The largest absolute Gasteiger partial charge is 0.463 e. The quantitative estimate of drug-likeness (QED) is 0.369. The minimum atomic E-state index is -0.368. The summed E-state index contributed by atoms with van der Waals surface area (Å²) in [6, 6.07) is 9.99. The fraction of sp³-hybridized carbons (Fsp3) is 0.526. The zero-order chi connectivity index (χ0) is 17.9. The molecular formula is C19H27BO5. The number of unbranched alkanes of at least 4 members (excludes halogenated alkanes) is 1. The number of carbonyl (C=O) groups is 1. The molecule has 5 nitrogen and oxygen atoms in total. The van der Waals surface area contributed by atoms with Gasteiger partial charge in [0.2, 0.25) is 0 Å². The summed E-state index contributed by atoms with van der Waals surface area (Å²) in [7, 11) is -0.248. The molecule has 0 N–H and O–H groups in total. The molecule has 0 spiro atoms. The smallest absolute Gasteiger partial charge is 0.457 e. The Kier molecular flexibility index (Phi) is 8.73. The molecule has 0 amide bonds. The Morgan fingerprint density at radius 2 is 2.04 bits per heavy atom. The van der Waals surface area contributed by atoms with E-state index >= 15 is 0 Å². The molecule has 0 saturated carbocycles. The van der Waals surface area contributed by atoms with Gasteiger partial charge in [0, 0.05) is 6.08 Å². The molecule has 1 saturated heterocycles. The van der Waals surface area contributed by atoms with Crippen LogP contribution in [0.5, 0.6) is 0 Å². The van der Waals surface area contributed by atoms with Crippen LogP contribution in [0.3, 0.4) is 0 Å². The van der Waals surface area contributed by atoms with E-state index in [1.807, 2.05) is 30.3 Å². The molecule has 0 bridgehead atoms. The van der Waals surface area contributed by atoms with E-state index in [2.05, 4.69) is 6.92 Å². The summed E-state index contributed by atoms with van der Waals surface area (Å²) in [6.07, 6.45) is 5.55. The van der Waals surface area contributed by atoms with Crippen molar-refractivity contribution in [1.82, 2.24) is 0 Å². The average molecular weight is 346 g/mol. The van der Waals surface area contributed by atoms with Crippen molar-refractivity contribution in [2.75, 3.05) is 13.2 Å². The Hall–Kier alpha value is -1.63. The van der Waals surface area contributed by atoms with Crippen molar-refractivity contribution in [3.8, 4) is 0 Å². The Balaban J connectivity index is 1.87. The highest BCUT2D eigenvalue weighted by atomic mass is 16.7. The van der Waals surface area contributed by atoms with Crippen LogP contribution in [0.4, 0.5) is 0 Å². The first-order chi connectivity index (χ1) is 12.2. The maximum Gasteiger partial charge on any atom is 0.457 e. The fourth-order valence-corrected chi connectivity index (χ4v) is 2.61. The molecule has 1 fully saturated rings. The lowest BCUT2D eigenvalue weighted by atomic mass is 9.83. The first kappa shape index (κ1) is 19.7. The molecule has 0 unspecified atom stereocenters. The van der Waals surface area contributed by atoms with Crippen molar-refractivity contribution in [2.45, 2.75) is 51.8 Å². The van der Waals surface area contributed by atoms with Gasteiger partial charge in [-0.3, -0.25) is 0 Å². The minimum Gasteiger partial charge on any atom is -0.463 e. The summed E-state index contributed by atoms with van der Waals surface area (Å²) in [5.41, 5.74) is 1.11. The van der Waals surface area contributed by atoms with Crippen molar-refractivity contribution in [2.24, 2.45) is 0 Å². The number of carbonyl (C=O) groups excluding carboxylic acids is 1. The maximum absolute atomic E-state index is 11.5. The SMILES string of the molecule is CCCCB1O[C@@H](/C=C/C(=O)OCC)[C@H](COCc2ccccc2)O1. The second kappa shape index (κ2) is 11.1. The van der Waals surface area contributed by atoms with E-state index in [0.717, 1.165) is 24.7 Å². The third kappa shape index (κ3) is 7.02. The third-order valence-corrected chi connectivity index (χ3v) is 3.90. The summed E-state index contributed by atoms with van der Waals surface area (Å²) >= 11 is 0. The van der Waals surface area contributed by atoms with Gasteiger partial charge in [-0.15, -0.1) is 0 Å². The third-order valence-electron chi connectivity index (χ3n) is 3.90. The van der Waals surface area contributed by atoms with Gasteiger partial charge in [0.1, 0.15) is 0 Å². The molecule has 1 aliphatic rings. The van der Waals surface area contributed by atoms with Crippen molar-refractivity contribution in [3.05, 3.63) is 48.0 Å². The Morgan fingerprint density at radius 3 is 2.76 bits per heavy atom. The molecular weight excluding hydrogens is 319 g/mol. The molecule has 136 valence electrons. The minimum absolute atomic E-state index is 0.226. The molecule has 6 heteroatoms. The Bertz CT molecular complexity index is 534. The number of esters is 1. The van der Waals surface area contributed by atoms with Gasteiger partial charge in [0.05, 0.1) is 32.0 Å². The van der Waals surface area contributed by atoms with Gasteiger partial charge < -0.3 is 18.8 Å².